The van der Waals surface area contributed by atoms with Crippen molar-refractivity contribution in [3.8, 4) is 0 Å². The smallest absolute Gasteiger partial charge is 0.310 e. The monoisotopic (exact) mass is 594 g/mol. The average molecular weight is 595 g/mol. The van der Waals surface area contributed by atoms with E-state index >= 15 is 0 Å². The fraction of sp³-hybridized carbons (Fsp3) is 0.757. The largest absolute Gasteiger partial charge is 0.481 e. The van der Waals surface area contributed by atoms with E-state index in [1.54, 1.807) is 18.2 Å². The number of benzene rings is 1. The molecule has 5 nitrogen and oxygen atoms in total. The van der Waals surface area contributed by atoms with Crippen molar-refractivity contribution in [3.05, 3.63) is 47.3 Å². The second kappa shape index (κ2) is 9.39. The summed E-state index contributed by atoms with van der Waals surface area (Å²) in [6.07, 6.45) is 8.57. The maximum atomic E-state index is 14.7. The zero-order chi connectivity index (χ0) is 30.8. The van der Waals surface area contributed by atoms with E-state index in [0.717, 1.165) is 51.4 Å². The Hall–Kier alpha value is -1.76. The second-order valence-corrected chi connectivity index (χ2v) is 17.2. The van der Waals surface area contributed by atoms with Crippen molar-refractivity contribution in [1.82, 2.24) is 0 Å². The number of halogens is 1. The van der Waals surface area contributed by atoms with Crippen LogP contribution >= 0.6 is 0 Å². The first-order valence-electron chi connectivity index (χ1n) is 16.7. The van der Waals surface area contributed by atoms with E-state index in [1.807, 2.05) is 0 Å². The number of aliphatic hydroxyl groups is 1. The lowest BCUT2D eigenvalue weighted by molar-refractivity contribution is -0.340. The summed E-state index contributed by atoms with van der Waals surface area (Å²) in [5.74, 6) is -0.206. The number of carboxylic acids is 1. The molecule has 1 aliphatic heterocycles. The zero-order valence-corrected chi connectivity index (χ0v) is 26.9. The Kier molecular flexibility index (Phi) is 6.53. The Labute approximate surface area is 256 Å². The molecule has 0 bridgehead atoms. The van der Waals surface area contributed by atoms with Gasteiger partial charge in [-0.3, -0.25) is 4.79 Å². The van der Waals surface area contributed by atoms with Gasteiger partial charge in [-0.25, -0.2) is 4.39 Å². The lowest BCUT2D eigenvalue weighted by Crippen LogP contribution is -2.69. The first-order chi connectivity index (χ1) is 20.1. The van der Waals surface area contributed by atoms with Crippen LogP contribution in [0.5, 0.6) is 0 Å². The predicted molar refractivity (Wildman–Crippen MR) is 162 cm³/mol. The quantitative estimate of drug-likeness (QED) is 0.339. The maximum Gasteiger partial charge on any atom is 0.310 e. The van der Waals surface area contributed by atoms with Crippen LogP contribution in [0.3, 0.4) is 0 Å². The first kappa shape index (κ1) is 29.9. The van der Waals surface area contributed by atoms with Gasteiger partial charge in [0, 0.05) is 11.0 Å². The third-order valence-corrected chi connectivity index (χ3v) is 14.7. The number of carbonyl (C=O) groups is 1. The number of ether oxygens (including phenoxy) is 2. The maximum absolute atomic E-state index is 14.7. The molecule has 5 fully saturated rings. The number of fused-ring (bicyclic) bond motifs is 9. The van der Waals surface area contributed by atoms with Gasteiger partial charge in [0.1, 0.15) is 5.82 Å². The molecule has 4 unspecified atom stereocenters. The number of carboxylic acid groups (broad SMARTS) is 1. The summed E-state index contributed by atoms with van der Waals surface area (Å²) in [6.45, 7) is 14.6. The van der Waals surface area contributed by atoms with E-state index in [9.17, 15) is 19.4 Å². The van der Waals surface area contributed by atoms with Crippen LogP contribution in [0, 0.1) is 56.1 Å². The van der Waals surface area contributed by atoms with Crippen LogP contribution in [0.4, 0.5) is 4.39 Å². The van der Waals surface area contributed by atoms with E-state index < -0.39 is 35.3 Å². The normalized spacial score (nSPS) is 50.2. The number of rotatable bonds is 2. The molecule has 1 aromatic carbocycles. The zero-order valence-electron chi connectivity index (χ0n) is 26.9. The Bertz CT molecular complexity index is 1360. The summed E-state index contributed by atoms with van der Waals surface area (Å²) >= 11 is 0. The SMILES string of the molecule is CC1(C)CC[C@]2(C(=O)O)CC[C@]3(C)C(=CCC4[C@@]5(C)C[C@@H](O)[C@@H]6OC(c7ccccc7F)OC[C@@]6(C)C5CC[C@]43C)C2C1. The standard InChI is InChI=1S/C37H51FO5/c1-32(2)15-17-37(31(40)41)18-16-35(5)23(24(37)19-32)11-12-28-33(3)20-26(39)29-34(4,27(33)13-14-36(28,35)6)21-42-30(43-29)22-9-7-8-10-25(22)38/h7-11,24,26-30,39H,12-21H2,1-6H3,(H,40,41)/t24?,26-,27?,28?,29+,30?,33+,34+,35-,36-,37+/m1/s1. The highest BCUT2D eigenvalue weighted by molar-refractivity contribution is 5.76. The summed E-state index contributed by atoms with van der Waals surface area (Å²) in [5.41, 5.74) is 0.725. The Morgan fingerprint density at radius 1 is 0.930 bits per heavy atom. The molecule has 0 spiro atoms. The number of hydrogen-bond donors (Lipinski definition) is 2. The van der Waals surface area contributed by atoms with Gasteiger partial charge in [-0.1, -0.05) is 71.4 Å². The van der Waals surface area contributed by atoms with Crippen molar-refractivity contribution in [3.63, 3.8) is 0 Å². The van der Waals surface area contributed by atoms with Crippen LogP contribution in [0.15, 0.2) is 35.9 Å². The van der Waals surface area contributed by atoms with E-state index in [1.165, 1.54) is 11.6 Å². The molecule has 1 saturated heterocycles. The lowest BCUT2D eigenvalue weighted by Gasteiger charge is -2.72. The van der Waals surface area contributed by atoms with E-state index in [4.69, 9.17) is 9.47 Å². The molecule has 0 aromatic heterocycles. The van der Waals surface area contributed by atoms with Gasteiger partial charge < -0.3 is 19.7 Å². The van der Waals surface area contributed by atoms with Gasteiger partial charge in [0.2, 0.25) is 0 Å². The molecule has 5 aliphatic carbocycles. The van der Waals surface area contributed by atoms with Crippen molar-refractivity contribution in [2.75, 3.05) is 6.61 Å². The van der Waals surface area contributed by atoms with Crippen molar-refractivity contribution < 1.29 is 28.9 Å². The van der Waals surface area contributed by atoms with Crippen molar-refractivity contribution in [2.45, 2.75) is 118 Å². The fourth-order valence-electron chi connectivity index (χ4n) is 12.2. The number of aliphatic carboxylic acids is 1. The summed E-state index contributed by atoms with van der Waals surface area (Å²) in [6, 6.07) is 6.59. The van der Waals surface area contributed by atoms with Gasteiger partial charge in [0.05, 0.1) is 24.2 Å². The number of hydrogen-bond acceptors (Lipinski definition) is 4. The van der Waals surface area contributed by atoms with E-state index in [2.05, 4.69) is 47.6 Å². The minimum absolute atomic E-state index is 0.00356. The Morgan fingerprint density at radius 2 is 1.65 bits per heavy atom. The van der Waals surface area contributed by atoms with Crippen LogP contribution in [0.25, 0.3) is 0 Å². The summed E-state index contributed by atoms with van der Waals surface area (Å²) in [4.78, 5) is 12.9. The van der Waals surface area contributed by atoms with Crippen LogP contribution in [-0.4, -0.2) is 35.0 Å². The van der Waals surface area contributed by atoms with Gasteiger partial charge in [-0.2, -0.15) is 0 Å². The highest BCUT2D eigenvalue weighted by atomic mass is 19.1. The molecule has 0 amide bonds. The molecule has 6 aliphatic rings. The number of allylic oxidation sites excluding steroid dienone is 2. The van der Waals surface area contributed by atoms with Crippen molar-refractivity contribution in [2.24, 2.45) is 50.2 Å². The Balaban J connectivity index is 1.24. The van der Waals surface area contributed by atoms with Gasteiger partial charge in [-0.05, 0) is 103 Å². The highest BCUT2D eigenvalue weighted by Gasteiger charge is 2.71. The van der Waals surface area contributed by atoms with Gasteiger partial charge in [0.25, 0.3) is 0 Å². The van der Waals surface area contributed by atoms with Crippen LogP contribution in [0.1, 0.15) is 111 Å². The van der Waals surface area contributed by atoms with Crippen molar-refractivity contribution in [1.29, 1.82) is 0 Å². The summed E-state index contributed by atoms with van der Waals surface area (Å²) in [7, 11) is 0. The third kappa shape index (κ3) is 3.87. The topological polar surface area (TPSA) is 76.0 Å². The molecule has 4 saturated carbocycles. The molecule has 0 radical (unpaired) electrons. The molecule has 1 aromatic rings. The molecule has 236 valence electrons. The minimum Gasteiger partial charge on any atom is -0.481 e. The van der Waals surface area contributed by atoms with Crippen molar-refractivity contribution >= 4 is 5.97 Å². The molecular weight excluding hydrogens is 543 g/mol. The summed E-state index contributed by atoms with van der Waals surface area (Å²) in [5, 5.41) is 22.5. The molecule has 43 heavy (non-hydrogen) atoms. The van der Waals surface area contributed by atoms with Gasteiger partial charge >= 0.3 is 5.97 Å². The predicted octanol–water partition coefficient (Wildman–Crippen LogP) is 8.08. The molecule has 7 rings (SSSR count). The highest BCUT2D eigenvalue weighted by Crippen LogP contribution is 2.76. The molecule has 1 heterocycles. The average Bonchev–Trinajstić information content (AvgIpc) is 2.93. The van der Waals surface area contributed by atoms with Crippen LogP contribution in [0.2, 0.25) is 0 Å². The third-order valence-electron chi connectivity index (χ3n) is 14.7. The van der Waals surface area contributed by atoms with Gasteiger partial charge in [-0.15, -0.1) is 0 Å². The Morgan fingerprint density at radius 3 is 2.37 bits per heavy atom. The second-order valence-electron chi connectivity index (χ2n) is 17.2. The minimum atomic E-state index is -0.817. The molecule has 6 heteroatoms. The van der Waals surface area contributed by atoms with E-state index in [0.29, 0.717) is 30.4 Å². The van der Waals surface area contributed by atoms with Crippen LogP contribution in [-0.2, 0) is 14.3 Å². The fourth-order valence-corrected chi connectivity index (χ4v) is 12.2. The van der Waals surface area contributed by atoms with E-state index in [-0.39, 0.29) is 33.4 Å². The van der Waals surface area contributed by atoms with Gasteiger partial charge in [0.15, 0.2) is 6.29 Å². The molecular formula is C37H51FO5. The number of aliphatic hydroxyl groups excluding tert-OH is 1. The lowest BCUT2D eigenvalue weighted by atomic mass is 9.33. The molecule has 11 atom stereocenters. The summed E-state index contributed by atoms with van der Waals surface area (Å²) < 4.78 is 27.4. The molecule has 2 N–H and O–H groups in total. The first-order valence-corrected chi connectivity index (χ1v) is 16.7. The van der Waals surface area contributed by atoms with Crippen LogP contribution < -0.4 is 0 Å².